The number of ether oxygens (including phenoxy) is 1. The molecule has 30 heavy (non-hydrogen) atoms. The highest BCUT2D eigenvalue weighted by Gasteiger charge is 2.37. The van der Waals surface area contributed by atoms with Crippen molar-refractivity contribution >= 4 is 38.9 Å². The molecule has 2 aromatic rings. The fraction of sp³-hybridized carbons (Fsp3) is 0.409. The predicted octanol–water partition coefficient (Wildman–Crippen LogP) is 4.59. The zero-order valence-corrected chi connectivity index (χ0v) is 19.5. The molecule has 0 N–H and O–H groups in total. The molecule has 5 nitrogen and oxygen atoms in total. The van der Waals surface area contributed by atoms with Crippen molar-refractivity contribution in [1.29, 1.82) is 0 Å². The number of carbonyl (C=O) groups is 1. The van der Waals surface area contributed by atoms with Gasteiger partial charge in [-0.1, -0.05) is 41.4 Å². The third kappa shape index (κ3) is 5.29. The maximum absolute atomic E-state index is 13.3. The van der Waals surface area contributed by atoms with Crippen LogP contribution in [0.15, 0.2) is 36.4 Å². The van der Waals surface area contributed by atoms with Crippen LogP contribution in [0.25, 0.3) is 0 Å². The summed E-state index contributed by atoms with van der Waals surface area (Å²) in [7, 11) is -3.16. The molecule has 0 bridgehead atoms. The van der Waals surface area contributed by atoms with E-state index in [-0.39, 0.29) is 24.0 Å². The van der Waals surface area contributed by atoms with Crippen molar-refractivity contribution < 1.29 is 17.9 Å². The van der Waals surface area contributed by atoms with Gasteiger partial charge >= 0.3 is 0 Å². The first-order valence-electron chi connectivity index (χ1n) is 9.75. The molecule has 1 amide bonds. The lowest BCUT2D eigenvalue weighted by Crippen LogP contribution is -2.46. The van der Waals surface area contributed by atoms with Gasteiger partial charge in [0.2, 0.25) is 0 Å². The molecule has 0 unspecified atom stereocenters. The number of nitrogens with zero attached hydrogens (tertiary/aromatic N) is 1. The molecule has 2 aromatic carbocycles. The third-order valence-corrected chi connectivity index (χ3v) is 8.02. The van der Waals surface area contributed by atoms with Crippen LogP contribution in [0.3, 0.4) is 0 Å². The highest BCUT2D eigenvalue weighted by molar-refractivity contribution is 7.91. The number of rotatable bonds is 6. The summed E-state index contributed by atoms with van der Waals surface area (Å²) < 4.78 is 30.0. The van der Waals surface area contributed by atoms with E-state index in [2.05, 4.69) is 0 Å². The average Bonchev–Trinajstić information content (AvgIpc) is 3.04. The molecule has 2 atom stereocenters. The molecule has 3 rings (SSSR count). The van der Waals surface area contributed by atoms with Gasteiger partial charge in [-0.15, -0.1) is 0 Å². The molecule has 1 aliphatic heterocycles. The molecule has 1 heterocycles. The Morgan fingerprint density at radius 3 is 2.40 bits per heavy atom. The van der Waals surface area contributed by atoms with Crippen molar-refractivity contribution in [2.75, 3.05) is 11.5 Å². The SMILES string of the molecule is Cc1cc(O[C@H](C)C(=O)N(Cc2ccccc2Cl)[C@H]2CCS(=O)(=O)C2)cc(C)c1Cl. The lowest BCUT2D eigenvalue weighted by Gasteiger charge is -2.31. The zero-order valence-electron chi connectivity index (χ0n) is 17.2. The molecular formula is C22H25Cl2NO4S. The minimum atomic E-state index is -3.16. The molecule has 162 valence electrons. The molecule has 0 aliphatic carbocycles. The Labute approximate surface area is 187 Å². The van der Waals surface area contributed by atoms with E-state index in [4.69, 9.17) is 27.9 Å². The maximum Gasteiger partial charge on any atom is 0.263 e. The van der Waals surface area contributed by atoms with E-state index >= 15 is 0 Å². The normalized spacial score (nSPS) is 18.8. The van der Waals surface area contributed by atoms with Crippen molar-refractivity contribution in [2.24, 2.45) is 0 Å². The molecule has 0 radical (unpaired) electrons. The van der Waals surface area contributed by atoms with Crippen molar-refractivity contribution in [2.45, 2.75) is 45.9 Å². The second-order valence-corrected chi connectivity index (χ2v) is 10.8. The lowest BCUT2D eigenvalue weighted by molar-refractivity contribution is -0.140. The standard InChI is InChI=1S/C22H25Cl2NO4S/c1-14-10-19(11-15(2)21(14)24)29-16(3)22(26)25(18-8-9-30(27,28)13-18)12-17-6-4-5-7-20(17)23/h4-7,10-11,16,18H,8-9,12-13H2,1-3H3/t16-,18+/m1/s1. The summed E-state index contributed by atoms with van der Waals surface area (Å²) in [5, 5.41) is 1.20. The van der Waals surface area contributed by atoms with Crippen LogP contribution in [-0.4, -0.2) is 42.9 Å². The summed E-state index contributed by atoms with van der Waals surface area (Å²) >= 11 is 12.5. The monoisotopic (exact) mass is 469 g/mol. The molecule has 0 aromatic heterocycles. The molecule has 1 saturated heterocycles. The van der Waals surface area contributed by atoms with Gasteiger partial charge in [0, 0.05) is 22.6 Å². The minimum absolute atomic E-state index is 0.0466. The fourth-order valence-corrected chi connectivity index (χ4v) is 5.72. The summed E-state index contributed by atoms with van der Waals surface area (Å²) in [4.78, 5) is 14.9. The van der Waals surface area contributed by atoms with E-state index in [0.717, 1.165) is 16.7 Å². The Balaban J connectivity index is 1.84. The highest BCUT2D eigenvalue weighted by atomic mass is 35.5. The highest BCUT2D eigenvalue weighted by Crippen LogP contribution is 2.28. The largest absolute Gasteiger partial charge is 0.481 e. The predicted molar refractivity (Wildman–Crippen MR) is 120 cm³/mol. The Kier molecular flexibility index (Phi) is 7.00. The van der Waals surface area contributed by atoms with Crippen LogP contribution in [0, 0.1) is 13.8 Å². The van der Waals surface area contributed by atoms with Crippen molar-refractivity contribution in [1.82, 2.24) is 4.90 Å². The molecule has 8 heteroatoms. The number of hydrogen-bond donors (Lipinski definition) is 0. The topological polar surface area (TPSA) is 63.7 Å². The third-order valence-electron chi connectivity index (χ3n) is 5.30. The van der Waals surface area contributed by atoms with Crippen LogP contribution in [0.1, 0.15) is 30.0 Å². The summed E-state index contributed by atoms with van der Waals surface area (Å²) in [6.45, 7) is 5.65. The van der Waals surface area contributed by atoms with Crippen LogP contribution >= 0.6 is 23.2 Å². The number of halogens is 2. The number of carbonyl (C=O) groups excluding carboxylic acids is 1. The molecule has 0 spiro atoms. The van der Waals surface area contributed by atoms with E-state index in [1.807, 2.05) is 32.0 Å². The van der Waals surface area contributed by atoms with Crippen LogP contribution in [0.5, 0.6) is 5.75 Å². The maximum atomic E-state index is 13.3. The summed E-state index contributed by atoms with van der Waals surface area (Å²) in [6.07, 6.45) is -0.388. The first kappa shape index (κ1) is 22.9. The zero-order chi connectivity index (χ0) is 22.1. The van der Waals surface area contributed by atoms with Gasteiger partial charge in [0.1, 0.15) is 5.75 Å². The number of hydrogen-bond acceptors (Lipinski definition) is 4. The van der Waals surface area contributed by atoms with Gasteiger partial charge in [-0.25, -0.2) is 8.42 Å². The molecule has 0 saturated carbocycles. The summed E-state index contributed by atoms with van der Waals surface area (Å²) in [5.74, 6) is 0.304. The lowest BCUT2D eigenvalue weighted by atomic mass is 10.1. The van der Waals surface area contributed by atoms with E-state index in [0.29, 0.717) is 22.2 Å². The van der Waals surface area contributed by atoms with E-state index in [9.17, 15) is 13.2 Å². The Hall–Kier alpha value is -1.76. The van der Waals surface area contributed by atoms with Crippen molar-refractivity contribution in [3.05, 3.63) is 63.1 Å². The first-order chi connectivity index (χ1) is 14.1. The molecule has 1 aliphatic rings. The van der Waals surface area contributed by atoms with Gasteiger partial charge in [0.25, 0.3) is 5.91 Å². The molecular weight excluding hydrogens is 445 g/mol. The van der Waals surface area contributed by atoms with Gasteiger partial charge in [-0.2, -0.15) is 0 Å². The van der Waals surface area contributed by atoms with E-state index in [1.165, 1.54) is 0 Å². The summed E-state index contributed by atoms with van der Waals surface area (Å²) in [5.41, 5.74) is 2.49. The first-order valence-corrected chi connectivity index (χ1v) is 12.3. The van der Waals surface area contributed by atoms with Crippen LogP contribution in [0.4, 0.5) is 0 Å². The van der Waals surface area contributed by atoms with Crippen LogP contribution < -0.4 is 4.74 Å². The van der Waals surface area contributed by atoms with Gasteiger partial charge in [0.15, 0.2) is 15.9 Å². The molecule has 1 fully saturated rings. The van der Waals surface area contributed by atoms with E-state index in [1.54, 1.807) is 30.0 Å². The van der Waals surface area contributed by atoms with Gasteiger partial charge in [-0.05, 0) is 62.1 Å². The Bertz CT molecular complexity index is 1030. The second kappa shape index (κ2) is 9.16. The van der Waals surface area contributed by atoms with Crippen molar-refractivity contribution in [3.8, 4) is 5.75 Å². The van der Waals surface area contributed by atoms with E-state index < -0.39 is 22.0 Å². The number of amides is 1. The number of aryl methyl sites for hydroxylation is 2. The smallest absolute Gasteiger partial charge is 0.263 e. The Morgan fingerprint density at radius 2 is 1.83 bits per heavy atom. The number of benzene rings is 2. The van der Waals surface area contributed by atoms with Gasteiger partial charge in [-0.3, -0.25) is 4.79 Å². The quantitative estimate of drug-likeness (QED) is 0.620. The van der Waals surface area contributed by atoms with Gasteiger partial charge < -0.3 is 9.64 Å². The summed E-state index contributed by atoms with van der Waals surface area (Å²) in [6, 6.07) is 10.4. The van der Waals surface area contributed by atoms with Gasteiger partial charge in [0.05, 0.1) is 11.5 Å². The minimum Gasteiger partial charge on any atom is -0.481 e. The number of sulfone groups is 1. The average molecular weight is 470 g/mol. The van der Waals surface area contributed by atoms with Crippen molar-refractivity contribution in [3.63, 3.8) is 0 Å². The fourth-order valence-electron chi connectivity index (χ4n) is 3.68. The second-order valence-electron chi connectivity index (χ2n) is 7.75. The van der Waals surface area contributed by atoms with Crippen LogP contribution in [0.2, 0.25) is 10.0 Å². The van der Waals surface area contributed by atoms with Crippen LogP contribution in [-0.2, 0) is 21.2 Å². The Morgan fingerprint density at radius 1 is 1.20 bits per heavy atom.